The predicted octanol–water partition coefficient (Wildman–Crippen LogP) is 6.26. The zero-order chi connectivity index (χ0) is 20.8. The molecule has 1 aliphatic carbocycles. The average Bonchev–Trinajstić information content (AvgIpc) is 2.61. The first-order chi connectivity index (χ1) is 13.4. The standard InChI is InChI=1S/C22H40O6/c1-17(2)10-6-5-7-14-25-21(23)27-19-12-8-13-20(16-19)28-22(24)26-15-9-11-18(3)4/h17-20H,5-16H2,1-4H3. The van der Waals surface area contributed by atoms with Gasteiger partial charge < -0.3 is 18.9 Å². The topological polar surface area (TPSA) is 71.1 Å². The normalized spacial score (nSPS) is 19.5. The lowest BCUT2D eigenvalue weighted by Crippen LogP contribution is -2.32. The maximum Gasteiger partial charge on any atom is 0.508 e. The number of unbranched alkanes of at least 4 members (excludes halogenated alkanes) is 2. The van der Waals surface area contributed by atoms with Crippen LogP contribution in [0, 0.1) is 11.8 Å². The first-order valence-corrected chi connectivity index (χ1v) is 11.0. The minimum atomic E-state index is -0.626. The van der Waals surface area contributed by atoms with E-state index in [0.717, 1.165) is 51.4 Å². The molecule has 0 bridgehead atoms. The maximum atomic E-state index is 11.8. The molecule has 0 heterocycles. The van der Waals surface area contributed by atoms with E-state index in [1.807, 2.05) is 0 Å². The molecule has 2 unspecified atom stereocenters. The molecule has 28 heavy (non-hydrogen) atoms. The van der Waals surface area contributed by atoms with Crippen LogP contribution in [0.25, 0.3) is 0 Å². The highest BCUT2D eigenvalue weighted by atomic mass is 16.7. The third-order valence-corrected chi connectivity index (χ3v) is 4.90. The van der Waals surface area contributed by atoms with E-state index in [9.17, 15) is 9.59 Å². The van der Waals surface area contributed by atoms with Crippen molar-refractivity contribution in [1.29, 1.82) is 0 Å². The molecule has 0 aromatic heterocycles. The van der Waals surface area contributed by atoms with Gasteiger partial charge in [-0.05, 0) is 50.4 Å². The molecule has 0 radical (unpaired) electrons. The van der Waals surface area contributed by atoms with E-state index in [-0.39, 0.29) is 12.2 Å². The Kier molecular flexibility index (Phi) is 12.8. The summed E-state index contributed by atoms with van der Waals surface area (Å²) in [6.45, 7) is 9.47. The largest absolute Gasteiger partial charge is 0.508 e. The number of carbonyl (C=O) groups is 2. The Bertz CT molecular complexity index is 435. The fourth-order valence-corrected chi connectivity index (χ4v) is 3.29. The highest BCUT2D eigenvalue weighted by Gasteiger charge is 2.28. The first-order valence-electron chi connectivity index (χ1n) is 11.0. The number of carbonyl (C=O) groups excluding carboxylic acids is 2. The van der Waals surface area contributed by atoms with E-state index in [0.29, 0.717) is 31.5 Å². The smallest absolute Gasteiger partial charge is 0.434 e. The van der Waals surface area contributed by atoms with Crippen LogP contribution >= 0.6 is 0 Å². The quantitative estimate of drug-likeness (QED) is 0.284. The molecule has 6 heteroatoms. The van der Waals surface area contributed by atoms with Crippen LogP contribution in [0.3, 0.4) is 0 Å². The summed E-state index contributed by atoms with van der Waals surface area (Å²) in [6, 6.07) is 0. The van der Waals surface area contributed by atoms with Crippen LogP contribution in [0.4, 0.5) is 9.59 Å². The first kappa shape index (κ1) is 24.6. The van der Waals surface area contributed by atoms with Crippen LogP contribution in [0.2, 0.25) is 0 Å². The van der Waals surface area contributed by atoms with Crippen molar-refractivity contribution in [3.05, 3.63) is 0 Å². The molecule has 0 aromatic rings. The third kappa shape index (κ3) is 12.8. The lowest BCUT2D eigenvalue weighted by atomic mass is 9.95. The highest BCUT2D eigenvalue weighted by molar-refractivity contribution is 5.60. The van der Waals surface area contributed by atoms with Crippen molar-refractivity contribution in [2.45, 2.75) is 104 Å². The highest BCUT2D eigenvalue weighted by Crippen LogP contribution is 2.24. The minimum absolute atomic E-state index is 0.263. The molecule has 0 aliphatic heterocycles. The van der Waals surface area contributed by atoms with Crippen molar-refractivity contribution in [2.24, 2.45) is 11.8 Å². The van der Waals surface area contributed by atoms with E-state index in [1.54, 1.807) is 0 Å². The summed E-state index contributed by atoms with van der Waals surface area (Å²) in [6.07, 6.45) is 7.26. The van der Waals surface area contributed by atoms with Gasteiger partial charge in [0.15, 0.2) is 0 Å². The van der Waals surface area contributed by atoms with Crippen LogP contribution in [-0.2, 0) is 18.9 Å². The summed E-state index contributed by atoms with van der Waals surface area (Å²) in [5.74, 6) is 1.31. The van der Waals surface area contributed by atoms with E-state index in [4.69, 9.17) is 18.9 Å². The fraction of sp³-hybridized carbons (Fsp3) is 0.909. The van der Waals surface area contributed by atoms with E-state index >= 15 is 0 Å². The summed E-state index contributed by atoms with van der Waals surface area (Å²) in [7, 11) is 0. The van der Waals surface area contributed by atoms with Crippen molar-refractivity contribution in [3.63, 3.8) is 0 Å². The van der Waals surface area contributed by atoms with Crippen molar-refractivity contribution < 1.29 is 28.5 Å². The van der Waals surface area contributed by atoms with Gasteiger partial charge in [-0.25, -0.2) is 9.59 Å². The molecule has 1 saturated carbocycles. The number of rotatable bonds is 12. The zero-order valence-electron chi connectivity index (χ0n) is 18.2. The van der Waals surface area contributed by atoms with Crippen molar-refractivity contribution in [3.8, 4) is 0 Å². The van der Waals surface area contributed by atoms with Gasteiger partial charge in [0.2, 0.25) is 0 Å². The molecule has 164 valence electrons. The second-order valence-corrected chi connectivity index (χ2v) is 8.62. The van der Waals surface area contributed by atoms with E-state index in [2.05, 4.69) is 27.7 Å². The molecular weight excluding hydrogens is 360 g/mol. The monoisotopic (exact) mass is 400 g/mol. The van der Waals surface area contributed by atoms with Crippen LogP contribution < -0.4 is 0 Å². The second kappa shape index (κ2) is 14.5. The SMILES string of the molecule is CC(C)CCCCCOC(=O)OC1CCCC(OC(=O)OCCCC(C)C)C1. The summed E-state index contributed by atoms with van der Waals surface area (Å²) in [4.78, 5) is 23.6. The average molecular weight is 401 g/mol. The fourth-order valence-electron chi connectivity index (χ4n) is 3.29. The molecular formula is C22H40O6. The molecule has 6 nitrogen and oxygen atoms in total. The third-order valence-electron chi connectivity index (χ3n) is 4.90. The van der Waals surface area contributed by atoms with E-state index in [1.165, 1.54) is 6.42 Å². The Labute approximate surface area is 170 Å². The maximum absolute atomic E-state index is 11.8. The van der Waals surface area contributed by atoms with Gasteiger partial charge >= 0.3 is 12.3 Å². The van der Waals surface area contributed by atoms with Gasteiger partial charge in [-0.15, -0.1) is 0 Å². The summed E-state index contributed by atoms with van der Waals surface area (Å²) in [5.41, 5.74) is 0. The Balaban J connectivity index is 2.13. The Hall–Kier alpha value is -1.46. The van der Waals surface area contributed by atoms with Gasteiger partial charge in [0.25, 0.3) is 0 Å². The number of hydrogen-bond acceptors (Lipinski definition) is 6. The Morgan fingerprint density at radius 2 is 1.25 bits per heavy atom. The molecule has 0 amide bonds. The van der Waals surface area contributed by atoms with Gasteiger partial charge in [-0.2, -0.15) is 0 Å². The summed E-state index contributed by atoms with van der Waals surface area (Å²) in [5, 5.41) is 0. The second-order valence-electron chi connectivity index (χ2n) is 8.62. The van der Waals surface area contributed by atoms with Crippen molar-refractivity contribution >= 4 is 12.3 Å². The van der Waals surface area contributed by atoms with Gasteiger partial charge in [-0.1, -0.05) is 47.0 Å². The van der Waals surface area contributed by atoms with Gasteiger partial charge in [-0.3, -0.25) is 0 Å². The van der Waals surface area contributed by atoms with Gasteiger partial charge in [0, 0.05) is 6.42 Å². The number of ether oxygens (including phenoxy) is 4. The predicted molar refractivity (Wildman–Crippen MR) is 108 cm³/mol. The minimum Gasteiger partial charge on any atom is -0.434 e. The summed E-state index contributed by atoms with van der Waals surface area (Å²) >= 11 is 0. The van der Waals surface area contributed by atoms with Crippen molar-refractivity contribution in [1.82, 2.24) is 0 Å². The molecule has 0 saturated heterocycles. The van der Waals surface area contributed by atoms with E-state index < -0.39 is 12.3 Å². The van der Waals surface area contributed by atoms with Crippen LogP contribution in [0.5, 0.6) is 0 Å². The zero-order valence-corrected chi connectivity index (χ0v) is 18.2. The van der Waals surface area contributed by atoms with Crippen LogP contribution in [0.1, 0.15) is 91.9 Å². The molecule has 1 rings (SSSR count). The molecule has 0 aromatic carbocycles. The van der Waals surface area contributed by atoms with Gasteiger partial charge in [0.05, 0.1) is 13.2 Å². The van der Waals surface area contributed by atoms with Gasteiger partial charge in [0.1, 0.15) is 12.2 Å². The molecule has 0 spiro atoms. The van der Waals surface area contributed by atoms with Crippen LogP contribution in [0.15, 0.2) is 0 Å². The molecule has 0 N–H and O–H groups in total. The van der Waals surface area contributed by atoms with Crippen LogP contribution in [-0.4, -0.2) is 37.7 Å². The molecule has 1 fully saturated rings. The number of hydrogen-bond donors (Lipinski definition) is 0. The molecule has 1 aliphatic rings. The lowest BCUT2D eigenvalue weighted by molar-refractivity contribution is -0.0351. The Morgan fingerprint density at radius 3 is 1.79 bits per heavy atom. The molecule has 2 atom stereocenters. The van der Waals surface area contributed by atoms with Crippen molar-refractivity contribution in [2.75, 3.05) is 13.2 Å². The summed E-state index contributed by atoms with van der Waals surface area (Å²) < 4.78 is 21.0. The lowest BCUT2D eigenvalue weighted by Gasteiger charge is -2.28. The Morgan fingerprint density at radius 1 is 0.750 bits per heavy atom.